The first-order valence-corrected chi connectivity index (χ1v) is 6.57. The molecule has 2 rings (SSSR count). The van der Waals surface area contributed by atoms with Crippen molar-refractivity contribution < 1.29 is 13.2 Å². The van der Waals surface area contributed by atoms with Gasteiger partial charge in [-0.25, -0.2) is 0 Å². The number of anilines is 1. The van der Waals surface area contributed by atoms with Crippen LogP contribution in [0.4, 0.5) is 18.9 Å². The van der Waals surface area contributed by atoms with Crippen molar-refractivity contribution in [1.29, 1.82) is 0 Å². The number of aliphatic imine (C=N–C) groups is 1. The minimum atomic E-state index is -4.32. The molecular formula is C12H13F3N2S. The summed E-state index contributed by atoms with van der Waals surface area (Å²) in [6, 6.07) is 4.24. The van der Waals surface area contributed by atoms with Crippen molar-refractivity contribution >= 4 is 22.6 Å². The van der Waals surface area contributed by atoms with E-state index < -0.39 is 11.7 Å². The molecule has 1 aromatic carbocycles. The van der Waals surface area contributed by atoms with Gasteiger partial charge in [0.05, 0.1) is 5.56 Å². The first-order chi connectivity index (χ1) is 8.47. The highest BCUT2D eigenvalue weighted by molar-refractivity contribution is 8.14. The maximum absolute atomic E-state index is 12.7. The molecule has 18 heavy (non-hydrogen) atoms. The number of nitrogens with one attached hydrogen (secondary N) is 1. The first kappa shape index (κ1) is 13.3. The zero-order chi connectivity index (χ0) is 13.2. The van der Waals surface area contributed by atoms with Crippen LogP contribution in [0.15, 0.2) is 23.2 Å². The average Bonchev–Trinajstić information content (AvgIpc) is 2.31. The highest BCUT2D eigenvalue weighted by Gasteiger charge is 2.32. The van der Waals surface area contributed by atoms with Gasteiger partial charge in [0.25, 0.3) is 0 Å². The molecule has 98 valence electrons. The quantitative estimate of drug-likeness (QED) is 0.839. The number of thioether (sulfide) groups is 1. The van der Waals surface area contributed by atoms with Gasteiger partial charge in [0.2, 0.25) is 0 Å². The molecule has 0 atom stereocenters. The molecule has 0 amide bonds. The molecule has 0 unspecified atom stereocenters. The van der Waals surface area contributed by atoms with Gasteiger partial charge in [-0.2, -0.15) is 13.2 Å². The molecule has 0 fully saturated rings. The lowest BCUT2D eigenvalue weighted by Gasteiger charge is -2.16. The fraction of sp³-hybridized carbons (Fsp3) is 0.417. The summed E-state index contributed by atoms with van der Waals surface area (Å²) in [5.41, 5.74) is 0.0567. The Morgan fingerprint density at radius 3 is 2.72 bits per heavy atom. The molecular weight excluding hydrogens is 261 g/mol. The van der Waals surface area contributed by atoms with Crippen LogP contribution in [0.2, 0.25) is 0 Å². The summed E-state index contributed by atoms with van der Waals surface area (Å²) in [6.07, 6.45) is -3.30. The van der Waals surface area contributed by atoms with E-state index in [-0.39, 0.29) is 5.56 Å². The second kappa shape index (κ2) is 5.22. The van der Waals surface area contributed by atoms with Gasteiger partial charge < -0.3 is 5.32 Å². The third-order valence-electron chi connectivity index (χ3n) is 2.59. The highest BCUT2D eigenvalue weighted by Crippen LogP contribution is 2.33. The van der Waals surface area contributed by atoms with Gasteiger partial charge in [0.15, 0.2) is 5.17 Å². The van der Waals surface area contributed by atoms with Crippen LogP contribution in [0.3, 0.4) is 0 Å². The molecule has 0 radical (unpaired) electrons. The molecule has 0 saturated carbocycles. The summed E-state index contributed by atoms with van der Waals surface area (Å²) < 4.78 is 38.2. The number of benzene rings is 1. The molecule has 0 saturated heterocycles. The van der Waals surface area contributed by atoms with Gasteiger partial charge in [-0.1, -0.05) is 17.8 Å². The molecule has 1 aliphatic heterocycles. The van der Waals surface area contributed by atoms with E-state index in [1.807, 2.05) is 0 Å². The smallest absolute Gasteiger partial charge is 0.335 e. The van der Waals surface area contributed by atoms with Crippen LogP contribution in [-0.2, 0) is 6.18 Å². The molecule has 2 nitrogen and oxygen atoms in total. The minimum Gasteiger partial charge on any atom is -0.335 e. The van der Waals surface area contributed by atoms with E-state index in [0.717, 1.165) is 24.8 Å². The van der Waals surface area contributed by atoms with Crippen LogP contribution >= 0.6 is 11.8 Å². The van der Waals surface area contributed by atoms with Gasteiger partial charge in [-0.3, -0.25) is 4.99 Å². The zero-order valence-electron chi connectivity index (χ0n) is 9.84. The van der Waals surface area contributed by atoms with E-state index in [4.69, 9.17) is 0 Å². The van der Waals surface area contributed by atoms with Crippen LogP contribution in [0.5, 0.6) is 0 Å². The topological polar surface area (TPSA) is 24.4 Å². The van der Waals surface area contributed by atoms with Crippen LogP contribution in [0, 0.1) is 6.92 Å². The Morgan fingerprint density at radius 2 is 2.11 bits per heavy atom. The van der Waals surface area contributed by atoms with Crippen LogP contribution in [-0.4, -0.2) is 17.5 Å². The third-order valence-corrected chi connectivity index (χ3v) is 3.59. The van der Waals surface area contributed by atoms with Crippen LogP contribution in [0.1, 0.15) is 17.5 Å². The monoisotopic (exact) mass is 274 g/mol. The predicted octanol–water partition coefficient (Wildman–Crippen LogP) is 3.92. The number of hydrogen-bond donors (Lipinski definition) is 1. The Hall–Kier alpha value is -1.17. The van der Waals surface area contributed by atoms with Crippen molar-refractivity contribution in [3.05, 3.63) is 29.3 Å². The van der Waals surface area contributed by atoms with Crippen molar-refractivity contribution in [2.45, 2.75) is 19.5 Å². The largest absolute Gasteiger partial charge is 0.416 e. The van der Waals surface area contributed by atoms with Gasteiger partial charge in [-0.05, 0) is 31.0 Å². The first-order valence-electron chi connectivity index (χ1n) is 5.59. The average molecular weight is 274 g/mol. The van der Waals surface area contributed by atoms with Gasteiger partial charge in [0, 0.05) is 18.0 Å². The fourth-order valence-corrected chi connectivity index (χ4v) is 2.50. The third kappa shape index (κ3) is 3.19. The summed E-state index contributed by atoms with van der Waals surface area (Å²) in [5, 5.41) is 3.63. The fourth-order valence-electron chi connectivity index (χ4n) is 1.66. The molecule has 1 heterocycles. The van der Waals surface area contributed by atoms with E-state index in [1.54, 1.807) is 6.07 Å². The molecule has 0 spiro atoms. The number of amidine groups is 1. The van der Waals surface area contributed by atoms with E-state index in [9.17, 15) is 13.2 Å². The van der Waals surface area contributed by atoms with Gasteiger partial charge in [-0.15, -0.1) is 0 Å². The Balaban J connectivity index is 2.22. The predicted molar refractivity (Wildman–Crippen MR) is 69.2 cm³/mol. The second-order valence-electron chi connectivity index (χ2n) is 4.04. The molecule has 1 N–H and O–H groups in total. The summed E-state index contributed by atoms with van der Waals surface area (Å²) in [5.74, 6) is 0.948. The number of alkyl halides is 3. The second-order valence-corrected chi connectivity index (χ2v) is 5.12. The van der Waals surface area contributed by atoms with Crippen molar-refractivity contribution in [2.75, 3.05) is 17.6 Å². The van der Waals surface area contributed by atoms with Gasteiger partial charge >= 0.3 is 6.18 Å². The number of nitrogens with zero attached hydrogens (tertiary/aromatic N) is 1. The van der Waals surface area contributed by atoms with Crippen molar-refractivity contribution in [3.63, 3.8) is 0 Å². The standard InChI is InChI=1S/C12H13F3N2S/c1-8-3-4-9(7-10(8)12(13,14)15)17-11-16-5-2-6-18-11/h3-4,7H,2,5-6H2,1H3,(H,16,17). The Kier molecular flexibility index (Phi) is 3.85. The molecule has 6 heteroatoms. The van der Waals surface area contributed by atoms with Crippen molar-refractivity contribution in [3.8, 4) is 0 Å². The van der Waals surface area contributed by atoms with Crippen LogP contribution in [0.25, 0.3) is 0 Å². The highest BCUT2D eigenvalue weighted by atomic mass is 32.2. The Bertz CT molecular complexity index is 469. The zero-order valence-corrected chi connectivity index (χ0v) is 10.7. The lowest BCUT2D eigenvalue weighted by Crippen LogP contribution is -2.14. The molecule has 0 bridgehead atoms. The lowest BCUT2D eigenvalue weighted by molar-refractivity contribution is -0.138. The van der Waals surface area contributed by atoms with E-state index >= 15 is 0 Å². The Labute approximate surface area is 108 Å². The van der Waals surface area contributed by atoms with Crippen molar-refractivity contribution in [1.82, 2.24) is 0 Å². The number of hydrogen-bond acceptors (Lipinski definition) is 3. The van der Waals surface area contributed by atoms with Crippen molar-refractivity contribution in [2.24, 2.45) is 4.99 Å². The number of halogens is 3. The van der Waals surface area contributed by atoms with Crippen LogP contribution < -0.4 is 5.32 Å². The Morgan fingerprint density at radius 1 is 1.33 bits per heavy atom. The molecule has 0 aromatic heterocycles. The normalized spacial score (nSPS) is 16.3. The lowest BCUT2D eigenvalue weighted by atomic mass is 10.1. The van der Waals surface area contributed by atoms with E-state index in [0.29, 0.717) is 10.9 Å². The minimum absolute atomic E-state index is 0.228. The maximum Gasteiger partial charge on any atom is 0.416 e. The molecule has 1 aromatic rings. The van der Waals surface area contributed by atoms with E-state index in [2.05, 4.69) is 10.3 Å². The maximum atomic E-state index is 12.7. The summed E-state index contributed by atoms with van der Waals surface area (Å²) in [4.78, 5) is 4.23. The van der Waals surface area contributed by atoms with E-state index in [1.165, 1.54) is 24.8 Å². The SMILES string of the molecule is Cc1ccc(NC2=NCCCS2)cc1C(F)(F)F. The number of aryl methyl sites for hydroxylation is 1. The summed E-state index contributed by atoms with van der Waals surface area (Å²) in [6.45, 7) is 2.19. The number of rotatable bonds is 1. The summed E-state index contributed by atoms with van der Waals surface area (Å²) >= 11 is 1.53. The summed E-state index contributed by atoms with van der Waals surface area (Å²) in [7, 11) is 0. The van der Waals surface area contributed by atoms with Gasteiger partial charge in [0.1, 0.15) is 0 Å². The molecule has 1 aliphatic rings. The molecule has 0 aliphatic carbocycles.